The SMILES string of the molecule is Cc1cccc(C)c1C(C(=O)Nc1ccc2ccccc2c1)N(C(=O)C(C)NC(=O)OC(C)(C)C)C1CC1C. The predicted octanol–water partition coefficient (Wildman–Crippen LogP) is 6.29. The summed E-state index contributed by atoms with van der Waals surface area (Å²) >= 11 is 0. The minimum absolute atomic E-state index is 0.119. The molecule has 2 N–H and O–H groups in total. The van der Waals surface area contributed by atoms with Crippen LogP contribution in [0.25, 0.3) is 10.8 Å². The Morgan fingerprint density at radius 3 is 2.15 bits per heavy atom. The van der Waals surface area contributed by atoms with E-state index in [4.69, 9.17) is 4.74 Å². The van der Waals surface area contributed by atoms with E-state index >= 15 is 0 Å². The van der Waals surface area contributed by atoms with Crippen molar-refractivity contribution in [1.29, 1.82) is 0 Å². The molecule has 1 saturated carbocycles. The molecule has 3 aromatic rings. The third-order valence-corrected chi connectivity index (χ3v) is 7.14. The number of hydrogen-bond donors (Lipinski definition) is 2. The smallest absolute Gasteiger partial charge is 0.408 e. The molecular formula is C32H39N3O4. The molecule has 39 heavy (non-hydrogen) atoms. The molecule has 1 aliphatic rings. The molecule has 0 radical (unpaired) electrons. The largest absolute Gasteiger partial charge is 0.444 e. The Morgan fingerprint density at radius 1 is 0.949 bits per heavy atom. The molecule has 0 spiro atoms. The Labute approximate surface area is 230 Å². The zero-order chi connectivity index (χ0) is 28.5. The van der Waals surface area contributed by atoms with E-state index < -0.39 is 23.8 Å². The molecule has 4 rings (SSSR count). The number of ether oxygens (including phenoxy) is 1. The molecule has 4 atom stereocenters. The van der Waals surface area contributed by atoms with Gasteiger partial charge in [-0.1, -0.05) is 55.5 Å². The average molecular weight is 530 g/mol. The van der Waals surface area contributed by atoms with Gasteiger partial charge in [-0.3, -0.25) is 9.59 Å². The summed E-state index contributed by atoms with van der Waals surface area (Å²) in [4.78, 5) is 42.3. The number of fused-ring (bicyclic) bond motifs is 1. The Balaban J connectivity index is 1.71. The Kier molecular flexibility index (Phi) is 8.00. The molecule has 0 saturated heterocycles. The number of rotatable bonds is 7. The second-order valence-corrected chi connectivity index (χ2v) is 11.7. The zero-order valence-corrected chi connectivity index (χ0v) is 23.9. The van der Waals surface area contributed by atoms with Gasteiger partial charge in [-0.05, 0) is 93.5 Å². The molecule has 1 fully saturated rings. The van der Waals surface area contributed by atoms with Crippen molar-refractivity contribution in [2.75, 3.05) is 5.32 Å². The van der Waals surface area contributed by atoms with Crippen LogP contribution in [0, 0.1) is 19.8 Å². The van der Waals surface area contributed by atoms with Gasteiger partial charge in [-0.2, -0.15) is 0 Å². The molecule has 0 bridgehead atoms. The summed E-state index contributed by atoms with van der Waals surface area (Å²) in [7, 11) is 0. The Bertz CT molecular complexity index is 1370. The van der Waals surface area contributed by atoms with Crippen molar-refractivity contribution >= 4 is 34.4 Å². The van der Waals surface area contributed by atoms with E-state index in [1.165, 1.54) is 0 Å². The van der Waals surface area contributed by atoms with E-state index in [0.29, 0.717) is 5.69 Å². The quantitative estimate of drug-likeness (QED) is 0.377. The summed E-state index contributed by atoms with van der Waals surface area (Å²) < 4.78 is 5.38. The minimum atomic E-state index is -0.882. The highest BCUT2D eigenvalue weighted by molar-refractivity contribution is 6.01. The number of carbonyl (C=O) groups excluding carboxylic acids is 3. The summed E-state index contributed by atoms with van der Waals surface area (Å²) in [6, 6.07) is 17.7. The van der Waals surface area contributed by atoms with Crippen molar-refractivity contribution in [1.82, 2.24) is 10.2 Å². The van der Waals surface area contributed by atoms with Crippen LogP contribution in [-0.2, 0) is 14.3 Å². The number of anilines is 1. The van der Waals surface area contributed by atoms with Gasteiger partial charge in [0.1, 0.15) is 17.7 Å². The van der Waals surface area contributed by atoms with Crippen LogP contribution in [0.1, 0.15) is 63.8 Å². The molecule has 206 valence electrons. The highest BCUT2D eigenvalue weighted by Gasteiger charge is 2.48. The lowest BCUT2D eigenvalue weighted by Crippen LogP contribution is -2.52. The van der Waals surface area contributed by atoms with Gasteiger partial charge in [0.15, 0.2) is 0 Å². The molecule has 1 aliphatic carbocycles. The Morgan fingerprint density at radius 2 is 1.56 bits per heavy atom. The van der Waals surface area contributed by atoms with Crippen LogP contribution in [0.4, 0.5) is 10.5 Å². The first-order valence-corrected chi connectivity index (χ1v) is 13.5. The standard InChI is InChI=1S/C32H39N3O4/c1-19-11-10-12-20(2)27(19)28(29(36)34-25-16-15-23-13-8-9-14-24(23)18-25)35(26-17-21(26)3)30(37)22(4)33-31(38)39-32(5,6)7/h8-16,18,21-22,26,28H,17H2,1-7H3,(H,33,38)(H,34,36). The molecule has 3 aromatic carbocycles. The number of aryl methyl sites for hydroxylation is 2. The van der Waals surface area contributed by atoms with Crippen molar-refractivity contribution in [2.45, 2.75) is 78.6 Å². The first-order valence-electron chi connectivity index (χ1n) is 13.5. The molecule has 3 amide bonds. The summed E-state index contributed by atoms with van der Waals surface area (Å²) in [5.41, 5.74) is 2.61. The van der Waals surface area contributed by atoms with Crippen LogP contribution >= 0.6 is 0 Å². The molecule has 4 unspecified atom stereocenters. The molecule has 0 aromatic heterocycles. The third kappa shape index (κ3) is 6.59. The summed E-state index contributed by atoms with van der Waals surface area (Å²) in [5.74, 6) is -0.376. The summed E-state index contributed by atoms with van der Waals surface area (Å²) in [6.07, 6.45) is 0.117. The second kappa shape index (κ2) is 11.1. The van der Waals surface area contributed by atoms with Gasteiger partial charge >= 0.3 is 6.09 Å². The van der Waals surface area contributed by atoms with Gasteiger partial charge in [0, 0.05) is 11.7 Å². The van der Waals surface area contributed by atoms with Crippen LogP contribution in [0.3, 0.4) is 0 Å². The van der Waals surface area contributed by atoms with Crippen LogP contribution in [0.2, 0.25) is 0 Å². The van der Waals surface area contributed by atoms with Crippen LogP contribution in [-0.4, -0.2) is 40.5 Å². The Hall–Kier alpha value is -3.87. The van der Waals surface area contributed by atoms with Gasteiger partial charge in [0.25, 0.3) is 5.91 Å². The molecule has 0 heterocycles. The normalized spacial score (nSPS) is 18.1. The average Bonchev–Trinajstić information content (AvgIpc) is 3.57. The van der Waals surface area contributed by atoms with Crippen LogP contribution in [0.5, 0.6) is 0 Å². The number of hydrogen-bond acceptors (Lipinski definition) is 4. The van der Waals surface area contributed by atoms with E-state index in [1.54, 1.807) is 32.6 Å². The van der Waals surface area contributed by atoms with Crippen molar-refractivity contribution in [3.8, 4) is 0 Å². The number of alkyl carbamates (subject to hydrolysis) is 1. The van der Waals surface area contributed by atoms with Gasteiger partial charge in [0.05, 0.1) is 0 Å². The minimum Gasteiger partial charge on any atom is -0.444 e. The van der Waals surface area contributed by atoms with Gasteiger partial charge < -0.3 is 20.3 Å². The molecular weight excluding hydrogens is 490 g/mol. The zero-order valence-electron chi connectivity index (χ0n) is 23.9. The number of nitrogens with zero attached hydrogens (tertiary/aromatic N) is 1. The van der Waals surface area contributed by atoms with E-state index in [1.807, 2.05) is 74.5 Å². The van der Waals surface area contributed by atoms with E-state index in [9.17, 15) is 14.4 Å². The number of carbonyl (C=O) groups is 3. The fourth-order valence-electron chi connectivity index (χ4n) is 5.07. The lowest BCUT2D eigenvalue weighted by atomic mass is 9.93. The van der Waals surface area contributed by atoms with Crippen molar-refractivity contribution < 1.29 is 19.1 Å². The topological polar surface area (TPSA) is 87.7 Å². The molecule has 0 aliphatic heterocycles. The van der Waals surface area contributed by atoms with E-state index in [-0.39, 0.29) is 23.8 Å². The van der Waals surface area contributed by atoms with Crippen molar-refractivity contribution in [2.24, 2.45) is 5.92 Å². The number of nitrogens with one attached hydrogen (secondary N) is 2. The van der Waals surface area contributed by atoms with Crippen LogP contribution < -0.4 is 10.6 Å². The van der Waals surface area contributed by atoms with E-state index in [2.05, 4.69) is 17.6 Å². The van der Waals surface area contributed by atoms with Gasteiger partial charge in [-0.25, -0.2) is 4.79 Å². The molecule has 7 nitrogen and oxygen atoms in total. The molecule has 7 heteroatoms. The highest BCUT2D eigenvalue weighted by Crippen LogP contribution is 2.42. The third-order valence-electron chi connectivity index (χ3n) is 7.14. The fraction of sp³-hybridized carbons (Fsp3) is 0.406. The maximum absolute atomic E-state index is 14.2. The second-order valence-electron chi connectivity index (χ2n) is 11.7. The summed E-state index contributed by atoms with van der Waals surface area (Å²) in [5, 5.41) is 7.85. The first kappa shape index (κ1) is 28.1. The van der Waals surface area contributed by atoms with Crippen molar-refractivity contribution in [3.63, 3.8) is 0 Å². The maximum atomic E-state index is 14.2. The van der Waals surface area contributed by atoms with E-state index in [0.717, 1.165) is 33.9 Å². The fourth-order valence-corrected chi connectivity index (χ4v) is 5.07. The number of amides is 3. The monoisotopic (exact) mass is 529 g/mol. The maximum Gasteiger partial charge on any atom is 0.408 e. The lowest BCUT2D eigenvalue weighted by molar-refractivity contribution is -0.141. The lowest BCUT2D eigenvalue weighted by Gasteiger charge is -2.35. The van der Waals surface area contributed by atoms with Crippen molar-refractivity contribution in [3.05, 3.63) is 77.4 Å². The van der Waals surface area contributed by atoms with Gasteiger partial charge in [0.2, 0.25) is 5.91 Å². The predicted molar refractivity (Wildman–Crippen MR) is 154 cm³/mol. The highest BCUT2D eigenvalue weighted by atomic mass is 16.6. The number of benzene rings is 3. The summed E-state index contributed by atoms with van der Waals surface area (Å²) in [6.45, 7) is 12.9. The van der Waals surface area contributed by atoms with Gasteiger partial charge in [-0.15, -0.1) is 0 Å². The first-order chi connectivity index (χ1) is 18.4. The van der Waals surface area contributed by atoms with Crippen LogP contribution in [0.15, 0.2) is 60.7 Å².